The lowest BCUT2D eigenvalue weighted by Crippen LogP contribution is -2.31. The topological polar surface area (TPSA) is 38.8 Å². The molecule has 0 spiro atoms. The van der Waals surface area contributed by atoms with Crippen molar-refractivity contribution in [3.63, 3.8) is 0 Å². The summed E-state index contributed by atoms with van der Waals surface area (Å²) in [5.74, 6) is 2.23. The number of alkyl halides is 3. The van der Waals surface area contributed by atoms with E-state index < -0.39 is 6.36 Å². The monoisotopic (exact) mass is 457 g/mol. The summed E-state index contributed by atoms with van der Waals surface area (Å²) in [6.07, 6.45) is -3.56. The molecule has 0 atom stereocenters. The van der Waals surface area contributed by atoms with Crippen molar-refractivity contribution < 1.29 is 27.4 Å². The van der Waals surface area contributed by atoms with Crippen LogP contribution in [0.3, 0.4) is 0 Å². The Labute approximate surface area is 182 Å². The predicted octanol–water partition coefficient (Wildman–Crippen LogP) is 5.49. The Bertz CT molecular complexity index is 840. The summed E-state index contributed by atoms with van der Waals surface area (Å²) in [6.45, 7) is -0.228. The van der Waals surface area contributed by atoms with Gasteiger partial charge in [-0.25, -0.2) is 0 Å². The summed E-state index contributed by atoms with van der Waals surface area (Å²) < 4.78 is 47.7. The first-order valence-electron chi connectivity index (χ1n) is 9.35. The fourth-order valence-corrected chi connectivity index (χ4v) is 5.75. The largest absolute Gasteiger partial charge is 0.573 e. The highest BCUT2D eigenvalue weighted by atomic mass is 32.2. The van der Waals surface area contributed by atoms with E-state index in [1.807, 2.05) is 47.8 Å². The van der Waals surface area contributed by atoms with Gasteiger partial charge in [0, 0.05) is 19.2 Å². The molecule has 1 fully saturated rings. The minimum atomic E-state index is -4.79. The third-order valence-corrected chi connectivity index (χ3v) is 7.39. The van der Waals surface area contributed by atoms with Crippen molar-refractivity contribution in [1.82, 2.24) is 4.90 Å². The molecule has 1 amide bonds. The van der Waals surface area contributed by atoms with Crippen LogP contribution in [0.25, 0.3) is 0 Å². The third kappa shape index (κ3) is 6.77. The molecule has 30 heavy (non-hydrogen) atoms. The molecule has 0 N–H and O–H groups in total. The lowest BCUT2D eigenvalue weighted by Gasteiger charge is -2.21. The number of ether oxygens (including phenoxy) is 2. The molecule has 1 aliphatic rings. The Morgan fingerprint density at radius 1 is 1.10 bits per heavy atom. The molecule has 0 aliphatic carbocycles. The molecule has 1 aliphatic heterocycles. The smallest absolute Gasteiger partial charge is 0.484 e. The zero-order valence-electron chi connectivity index (χ0n) is 16.4. The van der Waals surface area contributed by atoms with Gasteiger partial charge in [-0.2, -0.15) is 0 Å². The molecule has 1 heterocycles. The van der Waals surface area contributed by atoms with Crippen molar-refractivity contribution in [3.8, 4) is 11.5 Å². The molecule has 0 bridgehead atoms. The van der Waals surface area contributed by atoms with Crippen LogP contribution in [-0.4, -0.2) is 42.3 Å². The minimum Gasteiger partial charge on any atom is -0.484 e. The van der Waals surface area contributed by atoms with Gasteiger partial charge in [0.15, 0.2) is 6.61 Å². The molecule has 162 valence electrons. The van der Waals surface area contributed by atoms with Crippen LogP contribution < -0.4 is 9.47 Å². The molecule has 2 aromatic carbocycles. The Kier molecular flexibility index (Phi) is 7.82. The SMILES string of the molecule is CN(Cc1ccccc1OC(F)(F)F)C(=O)COc1ccc(C2SCCCS2)cc1. The maximum Gasteiger partial charge on any atom is 0.573 e. The Hall–Kier alpha value is -2.00. The van der Waals surface area contributed by atoms with Gasteiger partial charge in [0.05, 0.1) is 4.58 Å². The van der Waals surface area contributed by atoms with Gasteiger partial charge in [-0.15, -0.1) is 36.7 Å². The van der Waals surface area contributed by atoms with Crippen LogP contribution in [0.2, 0.25) is 0 Å². The molecule has 1 saturated heterocycles. The van der Waals surface area contributed by atoms with Gasteiger partial charge < -0.3 is 14.4 Å². The number of para-hydroxylation sites is 1. The molecule has 3 rings (SSSR count). The lowest BCUT2D eigenvalue weighted by atomic mass is 10.2. The van der Waals surface area contributed by atoms with Crippen molar-refractivity contribution in [1.29, 1.82) is 0 Å². The van der Waals surface area contributed by atoms with Gasteiger partial charge in [0.2, 0.25) is 0 Å². The summed E-state index contributed by atoms with van der Waals surface area (Å²) in [5, 5.41) is 0. The van der Waals surface area contributed by atoms with E-state index in [-0.39, 0.29) is 30.4 Å². The molecule has 0 unspecified atom stereocenters. The van der Waals surface area contributed by atoms with Crippen LogP contribution >= 0.6 is 23.5 Å². The van der Waals surface area contributed by atoms with E-state index in [0.717, 1.165) is 11.5 Å². The average Bonchev–Trinajstić information content (AvgIpc) is 2.73. The van der Waals surface area contributed by atoms with E-state index >= 15 is 0 Å². The molecule has 2 aromatic rings. The standard InChI is InChI=1S/C21H22F3NO3S2/c1-25(13-16-5-2-3-6-18(16)28-21(22,23)24)19(26)14-27-17-9-7-15(8-10-17)20-29-11-4-12-30-20/h2-3,5-10,20H,4,11-14H2,1H3. The van der Waals surface area contributed by atoms with Crippen molar-refractivity contribution >= 4 is 29.4 Å². The van der Waals surface area contributed by atoms with E-state index in [1.165, 1.54) is 42.1 Å². The zero-order valence-corrected chi connectivity index (χ0v) is 18.0. The summed E-state index contributed by atoms with van der Waals surface area (Å²) in [5.41, 5.74) is 1.49. The second-order valence-electron chi connectivity index (χ2n) is 6.69. The van der Waals surface area contributed by atoms with E-state index in [4.69, 9.17) is 4.74 Å². The number of nitrogens with zero attached hydrogens (tertiary/aromatic N) is 1. The van der Waals surface area contributed by atoms with E-state index in [2.05, 4.69) is 4.74 Å². The van der Waals surface area contributed by atoms with Gasteiger partial charge in [-0.05, 0) is 41.7 Å². The molecule has 9 heteroatoms. The third-order valence-electron chi connectivity index (χ3n) is 4.37. The van der Waals surface area contributed by atoms with Gasteiger partial charge in [0.25, 0.3) is 5.91 Å². The van der Waals surface area contributed by atoms with Crippen LogP contribution in [0.4, 0.5) is 13.2 Å². The number of carbonyl (C=O) groups is 1. The highest BCUT2D eigenvalue weighted by molar-refractivity contribution is 8.16. The van der Waals surface area contributed by atoms with Crippen molar-refractivity contribution in [2.75, 3.05) is 25.2 Å². The number of likely N-dealkylation sites (N-methyl/N-ethyl adjacent to an activating group) is 1. The maximum absolute atomic E-state index is 12.5. The van der Waals surface area contributed by atoms with Crippen molar-refractivity contribution in [2.24, 2.45) is 0 Å². The number of halogens is 3. The van der Waals surface area contributed by atoms with Gasteiger partial charge in [0.1, 0.15) is 11.5 Å². The minimum absolute atomic E-state index is 0.0243. The van der Waals surface area contributed by atoms with E-state index in [9.17, 15) is 18.0 Å². The normalized spacial score (nSPS) is 14.9. The highest BCUT2D eigenvalue weighted by Gasteiger charge is 2.32. The van der Waals surface area contributed by atoms with Crippen molar-refractivity contribution in [3.05, 3.63) is 59.7 Å². The number of hydrogen-bond donors (Lipinski definition) is 0. The first kappa shape index (κ1) is 22.7. The lowest BCUT2D eigenvalue weighted by molar-refractivity contribution is -0.275. The zero-order chi connectivity index (χ0) is 21.6. The fraction of sp³-hybridized carbons (Fsp3) is 0.381. The number of hydrogen-bond acceptors (Lipinski definition) is 5. The van der Waals surface area contributed by atoms with Gasteiger partial charge >= 0.3 is 6.36 Å². The Morgan fingerprint density at radius 3 is 2.43 bits per heavy atom. The highest BCUT2D eigenvalue weighted by Crippen LogP contribution is 2.43. The Balaban J connectivity index is 1.52. The number of thioether (sulfide) groups is 2. The summed E-state index contributed by atoms with van der Waals surface area (Å²) in [4.78, 5) is 13.7. The van der Waals surface area contributed by atoms with Gasteiger partial charge in [-0.1, -0.05) is 30.3 Å². The van der Waals surface area contributed by atoms with Crippen LogP contribution in [0.1, 0.15) is 22.1 Å². The Morgan fingerprint density at radius 2 is 1.77 bits per heavy atom. The number of benzene rings is 2. The summed E-state index contributed by atoms with van der Waals surface area (Å²) in [6, 6.07) is 13.4. The summed E-state index contributed by atoms with van der Waals surface area (Å²) >= 11 is 3.86. The van der Waals surface area contributed by atoms with Crippen molar-refractivity contribution in [2.45, 2.75) is 23.9 Å². The maximum atomic E-state index is 12.5. The molecular formula is C21H22F3NO3S2. The van der Waals surface area contributed by atoms with E-state index in [0.29, 0.717) is 10.3 Å². The predicted molar refractivity (Wildman–Crippen MR) is 114 cm³/mol. The molecular weight excluding hydrogens is 435 g/mol. The molecule has 0 saturated carbocycles. The average molecular weight is 458 g/mol. The first-order valence-corrected chi connectivity index (χ1v) is 11.4. The van der Waals surface area contributed by atoms with Crippen LogP contribution in [-0.2, 0) is 11.3 Å². The quantitative estimate of drug-likeness (QED) is 0.550. The van der Waals surface area contributed by atoms with Crippen LogP contribution in [0.15, 0.2) is 48.5 Å². The van der Waals surface area contributed by atoms with Gasteiger partial charge in [-0.3, -0.25) is 4.79 Å². The fourth-order valence-electron chi connectivity index (χ4n) is 2.86. The molecule has 0 radical (unpaired) electrons. The van der Waals surface area contributed by atoms with Crippen LogP contribution in [0.5, 0.6) is 11.5 Å². The number of amides is 1. The summed E-state index contributed by atoms with van der Waals surface area (Å²) in [7, 11) is 1.51. The first-order chi connectivity index (χ1) is 14.3. The van der Waals surface area contributed by atoms with Crippen LogP contribution in [0, 0.1) is 0 Å². The second kappa shape index (κ2) is 10.3. The van der Waals surface area contributed by atoms with E-state index in [1.54, 1.807) is 6.07 Å². The number of carbonyl (C=O) groups excluding carboxylic acids is 1. The number of rotatable bonds is 7. The second-order valence-corrected chi connectivity index (χ2v) is 9.41. The molecule has 4 nitrogen and oxygen atoms in total. The molecule has 0 aromatic heterocycles.